The van der Waals surface area contributed by atoms with Crippen molar-refractivity contribution in [1.82, 2.24) is 14.5 Å². The number of hydrogen-bond donors (Lipinski definition) is 0. The molecule has 2 aliphatic rings. The highest BCUT2D eigenvalue weighted by Crippen LogP contribution is 2.38. The third kappa shape index (κ3) is 6.09. The lowest BCUT2D eigenvalue weighted by Crippen LogP contribution is -2.48. The van der Waals surface area contributed by atoms with Gasteiger partial charge in [-0.1, -0.05) is 39.4 Å². The number of rotatable bonds is 10. The van der Waals surface area contributed by atoms with Gasteiger partial charge in [-0.15, -0.1) is 0 Å². The fourth-order valence-electron chi connectivity index (χ4n) is 5.16. The summed E-state index contributed by atoms with van der Waals surface area (Å²) in [6, 6.07) is 10.3. The van der Waals surface area contributed by atoms with Crippen molar-refractivity contribution in [2.75, 3.05) is 26.8 Å². The summed E-state index contributed by atoms with van der Waals surface area (Å²) in [4.78, 5) is 8.00. The highest BCUT2D eigenvalue weighted by atomic mass is 28.3. The number of likely N-dealkylation sites (tertiary alicyclic amines) is 1. The van der Waals surface area contributed by atoms with Gasteiger partial charge >= 0.3 is 0 Å². The standard InChI is InChI=1S/C27H43N3O2Si/c1-6-21-14-15-29(23-8-7-9-23)18-25(21)27-28-26(22-10-12-24(31-2)13-11-22)19-30(27)20-32-16-17-33(3,4)5/h10-13,19,21,23,25H,6-9,14-18,20H2,1-5H3. The van der Waals surface area contributed by atoms with Crippen LogP contribution in [0.4, 0.5) is 0 Å². The molecule has 0 bridgehead atoms. The van der Waals surface area contributed by atoms with Gasteiger partial charge in [0.25, 0.3) is 0 Å². The molecule has 5 nitrogen and oxygen atoms in total. The fourth-order valence-corrected chi connectivity index (χ4v) is 5.92. The Morgan fingerprint density at radius 1 is 1.09 bits per heavy atom. The van der Waals surface area contributed by atoms with Crippen molar-refractivity contribution in [2.45, 2.75) is 83.4 Å². The summed E-state index contributed by atoms with van der Waals surface area (Å²) in [5.74, 6) is 3.25. The topological polar surface area (TPSA) is 39.5 Å². The molecule has 1 aromatic heterocycles. The van der Waals surface area contributed by atoms with Gasteiger partial charge in [0.2, 0.25) is 0 Å². The van der Waals surface area contributed by atoms with Crippen LogP contribution in [0.15, 0.2) is 30.5 Å². The number of hydrogen-bond acceptors (Lipinski definition) is 4. The summed E-state index contributed by atoms with van der Waals surface area (Å²) in [5.41, 5.74) is 2.18. The zero-order chi connectivity index (χ0) is 23.4. The van der Waals surface area contributed by atoms with E-state index in [9.17, 15) is 0 Å². The maximum Gasteiger partial charge on any atom is 0.124 e. The first-order valence-corrected chi connectivity index (χ1v) is 16.6. The van der Waals surface area contributed by atoms with E-state index in [0.717, 1.165) is 36.2 Å². The van der Waals surface area contributed by atoms with Gasteiger partial charge in [-0.2, -0.15) is 0 Å². The molecule has 2 fully saturated rings. The lowest BCUT2D eigenvalue weighted by atomic mass is 9.80. The lowest BCUT2D eigenvalue weighted by Gasteiger charge is -2.45. The number of piperidine rings is 1. The molecule has 0 spiro atoms. The van der Waals surface area contributed by atoms with Gasteiger partial charge in [0.15, 0.2) is 0 Å². The minimum atomic E-state index is -1.10. The van der Waals surface area contributed by atoms with E-state index in [2.05, 4.69) is 54.4 Å². The maximum absolute atomic E-state index is 6.21. The highest BCUT2D eigenvalue weighted by Gasteiger charge is 2.36. The Labute approximate surface area is 201 Å². The second-order valence-electron chi connectivity index (χ2n) is 11.2. The number of imidazole rings is 1. The zero-order valence-corrected chi connectivity index (χ0v) is 22.3. The summed E-state index contributed by atoms with van der Waals surface area (Å²) in [5, 5.41) is 0. The molecule has 0 radical (unpaired) electrons. The fraction of sp³-hybridized carbons (Fsp3) is 0.667. The highest BCUT2D eigenvalue weighted by molar-refractivity contribution is 6.76. The molecule has 0 amide bonds. The van der Waals surface area contributed by atoms with Crippen molar-refractivity contribution in [3.63, 3.8) is 0 Å². The van der Waals surface area contributed by atoms with Gasteiger partial charge in [-0.05, 0) is 62.0 Å². The molecule has 1 saturated carbocycles. The summed E-state index contributed by atoms with van der Waals surface area (Å²) in [6.45, 7) is 13.4. The lowest BCUT2D eigenvalue weighted by molar-refractivity contribution is 0.0573. The van der Waals surface area contributed by atoms with Gasteiger partial charge in [-0.3, -0.25) is 4.90 Å². The van der Waals surface area contributed by atoms with E-state index in [4.69, 9.17) is 14.5 Å². The molecule has 2 aromatic rings. The number of methoxy groups -OCH3 is 1. The van der Waals surface area contributed by atoms with Crippen LogP contribution in [0, 0.1) is 5.92 Å². The molecular weight excluding hydrogens is 426 g/mol. The molecule has 1 aromatic carbocycles. The summed E-state index contributed by atoms with van der Waals surface area (Å²) < 4.78 is 13.9. The number of ether oxygens (including phenoxy) is 2. The molecule has 2 atom stereocenters. The van der Waals surface area contributed by atoms with Crippen LogP contribution in [0.1, 0.15) is 50.8 Å². The number of nitrogens with zero attached hydrogens (tertiary/aromatic N) is 3. The normalized spacial score (nSPS) is 22.3. The van der Waals surface area contributed by atoms with E-state index < -0.39 is 8.07 Å². The van der Waals surface area contributed by atoms with E-state index >= 15 is 0 Å². The molecule has 2 heterocycles. The minimum absolute atomic E-state index is 0.469. The van der Waals surface area contributed by atoms with E-state index in [-0.39, 0.29) is 0 Å². The Bertz CT molecular complexity index is 886. The Morgan fingerprint density at radius 2 is 1.85 bits per heavy atom. The van der Waals surface area contributed by atoms with E-state index in [1.807, 2.05) is 12.1 Å². The average Bonchev–Trinajstić information content (AvgIpc) is 3.19. The third-order valence-corrected chi connectivity index (χ3v) is 9.36. The Kier molecular flexibility index (Phi) is 7.97. The SMILES string of the molecule is CCC1CCN(C2CCC2)CC1c1nc(-c2ccc(OC)cc2)cn1COCC[Si](C)(C)C. The molecule has 4 rings (SSSR count). The molecule has 2 unspecified atom stereocenters. The Hall–Kier alpha value is -1.63. The first-order chi connectivity index (χ1) is 15.9. The van der Waals surface area contributed by atoms with Crippen molar-refractivity contribution >= 4 is 8.07 Å². The Morgan fingerprint density at radius 3 is 2.45 bits per heavy atom. The van der Waals surface area contributed by atoms with Crippen LogP contribution in [0.2, 0.25) is 25.7 Å². The monoisotopic (exact) mass is 469 g/mol. The predicted molar refractivity (Wildman–Crippen MR) is 139 cm³/mol. The summed E-state index contributed by atoms with van der Waals surface area (Å²) in [7, 11) is 0.607. The first-order valence-electron chi connectivity index (χ1n) is 12.9. The van der Waals surface area contributed by atoms with E-state index in [1.54, 1.807) is 7.11 Å². The van der Waals surface area contributed by atoms with Crippen molar-refractivity contribution in [2.24, 2.45) is 5.92 Å². The van der Waals surface area contributed by atoms with Crippen LogP contribution in [0.3, 0.4) is 0 Å². The van der Waals surface area contributed by atoms with Gasteiger partial charge in [-0.25, -0.2) is 4.98 Å². The summed E-state index contributed by atoms with van der Waals surface area (Å²) >= 11 is 0. The van der Waals surface area contributed by atoms with Crippen LogP contribution < -0.4 is 4.74 Å². The van der Waals surface area contributed by atoms with Crippen LogP contribution in [-0.4, -0.2) is 55.4 Å². The average molecular weight is 470 g/mol. The number of aromatic nitrogens is 2. The molecule has 1 aliphatic carbocycles. The van der Waals surface area contributed by atoms with Crippen LogP contribution >= 0.6 is 0 Å². The summed E-state index contributed by atoms with van der Waals surface area (Å²) in [6.07, 6.45) is 8.83. The molecule has 6 heteroatoms. The third-order valence-electron chi connectivity index (χ3n) is 7.65. The molecule has 33 heavy (non-hydrogen) atoms. The van der Waals surface area contributed by atoms with Crippen molar-refractivity contribution < 1.29 is 9.47 Å². The van der Waals surface area contributed by atoms with Crippen molar-refractivity contribution in [3.05, 3.63) is 36.3 Å². The van der Waals surface area contributed by atoms with Crippen molar-refractivity contribution in [1.29, 1.82) is 0 Å². The largest absolute Gasteiger partial charge is 0.497 e. The maximum atomic E-state index is 6.21. The van der Waals surface area contributed by atoms with Crippen molar-refractivity contribution in [3.8, 4) is 17.0 Å². The number of benzene rings is 1. The van der Waals surface area contributed by atoms with E-state index in [1.165, 1.54) is 50.5 Å². The second kappa shape index (κ2) is 10.7. The van der Waals surface area contributed by atoms with Crippen LogP contribution in [0.5, 0.6) is 5.75 Å². The predicted octanol–water partition coefficient (Wildman–Crippen LogP) is 6.24. The molecule has 1 aliphatic heterocycles. The smallest absolute Gasteiger partial charge is 0.124 e. The van der Waals surface area contributed by atoms with Crippen LogP contribution in [-0.2, 0) is 11.5 Å². The molecule has 0 N–H and O–H groups in total. The van der Waals surface area contributed by atoms with Gasteiger partial charge in [0.1, 0.15) is 18.3 Å². The Balaban J connectivity index is 1.59. The second-order valence-corrected chi connectivity index (χ2v) is 16.8. The van der Waals surface area contributed by atoms with Gasteiger partial charge in [0, 0.05) is 44.9 Å². The minimum Gasteiger partial charge on any atom is -0.497 e. The van der Waals surface area contributed by atoms with Gasteiger partial charge < -0.3 is 14.0 Å². The molecule has 182 valence electrons. The van der Waals surface area contributed by atoms with Gasteiger partial charge in [0.05, 0.1) is 12.8 Å². The van der Waals surface area contributed by atoms with E-state index in [0.29, 0.717) is 18.6 Å². The zero-order valence-electron chi connectivity index (χ0n) is 21.3. The quantitative estimate of drug-likeness (QED) is 0.305. The molecular formula is C27H43N3O2Si. The van der Waals surface area contributed by atoms with Crippen LogP contribution in [0.25, 0.3) is 11.3 Å². The molecule has 1 saturated heterocycles. The first kappa shape index (κ1) is 24.5.